The highest BCUT2D eigenvalue weighted by Crippen LogP contribution is 2.40. The van der Waals surface area contributed by atoms with Crippen molar-refractivity contribution in [3.05, 3.63) is 48.0 Å². The molecule has 0 bridgehead atoms. The number of carbonyl (C=O) groups excluding carboxylic acids is 1. The molecule has 0 aliphatic heterocycles. The molecule has 3 rings (SSSR count). The highest BCUT2D eigenvalue weighted by atomic mass is 31.2. The fraction of sp³-hybridized carbons (Fsp3) is 0.200. The highest BCUT2D eigenvalue weighted by molar-refractivity contribution is 7.52. The summed E-state index contributed by atoms with van der Waals surface area (Å²) in [5.41, 5.74) is 7.19. The number of aromatic nitrogens is 4. The maximum Gasteiger partial charge on any atom is 0.347 e. The Hall–Kier alpha value is -2.81. The number of fused-ring (bicyclic) bond motifs is 1. The van der Waals surface area contributed by atoms with Gasteiger partial charge in [0.15, 0.2) is 17.3 Å². The van der Waals surface area contributed by atoms with Crippen molar-refractivity contribution in [1.29, 1.82) is 0 Å². The minimum absolute atomic E-state index is 0.0599. The molecule has 2 heterocycles. The molecule has 2 aromatic heterocycles. The Morgan fingerprint density at radius 3 is 2.81 bits per heavy atom. The summed E-state index contributed by atoms with van der Waals surface area (Å²) < 4.78 is 17.0. The molecule has 10 nitrogen and oxygen atoms in total. The first-order chi connectivity index (χ1) is 12.4. The van der Waals surface area contributed by atoms with Gasteiger partial charge in [-0.2, -0.15) is 0 Å². The number of nitrogen functional groups attached to an aromatic ring is 1. The lowest BCUT2D eigenvalue weighted by Crippen LogP contribution is -2.26. The molecule has 0 aliphatic carbocycles. The van der Waals surface area contributed by atoms with Gasteiger partial charge in [-0.15, -0.1) is 0 Å². The van der Waals surface area contributed by atoms with E-state index < -0.39 is 19.8 Å². The van der Waals surface area contributed by atoms with E-state index in [0.717, 1.165) is 5.56 Å². The van der Waals surface area contributed by atoms with Crippen LogP contribution in [0, 0.1) is 0 Å². The summed E-state index contributed by atoms with van der Waals surface area (Å²) in [6.07, 6.45) is 1.17. The number of hydrogen-bond acceptors (Lipinski definition) is 7. The lowest BCUT2D eigenvalue weighted by molar-refractivity contribution is 0.0946. The predicted molar refractivity (Wildman–Crippen MR) is 94.4 cm³/mol. The smallest absolute Gasteiger partial charge is 0.347 e. The largest absolute Gasteiger partial charge is 0.382 e. The normalized spacial score (nSPS) is 13.4. The standard InChI is InChI=1S/C15H17N6O4P/c16-12-11-13(18-8-17-12)21-14(20-11)15(22)19-9-26(23,24)25-7-6-10-4-2-1-3-5-10/h1-5,8H,6-7,9H2,(H,19,22)(H,23,24)(H3,16,17,18,20,21). The Bertz CT molecular complexity index is 961. The molecule has 0 saturated carbocycles. The summed E-state index contributed by atoms with van der Waals surface area (Å²) in [4.78, 5) is 36.2. The van der Waals surface area contributed by atoms with E-state index in [9.17, 15) is 14.3 Å². The molecule has 11 heteroatoms. The molecular formula is C15H17N6O4P. The second-order valence-corrected chi connectivity index (χ2v) is 7.26. The molecular weight excluding hydrogens is 359 g/mol. The summed E-state index contributed by atoms with van der Waals surface area (Å²) in [5.74, 6) is -0.613. The maximum atomic E-state index is 12.1. The molecule has 0 aliphatic rings. The number of hydrogen-bond donors (Lipinski definition) is 4. The minimum Gasteiger partial charge on any atom is -0.382 e. The first-order valence-electron chi connectivity index (χ1n) is 7.69. The van der Waals surface area contributed by atoms with Gasteiger partial charge in [-0.25, -0.2) is 15.0 Å². The number of H-pyrrole nitrogens is 1. The molecule has 0 spiro atoms. The van der Waals surface area contributed by atoms with Crippen LogP contribution >= 0.6 is 7.60 Å². The second-order valence-electron chi connectivity index (χ2n) is 5.41. The Labute approximate surface area is 148 Å². The predicted octanol–water partition coefficient (Wildman–Crippen LogP) is 1.07. The molecule has 26 heavy (non-hydrogen) atoms. The van der Waals surface area contributed by atoms with Gasteiger partial charge >= 0.3 is 7.60 Å². The van der Waals surface area contributed by atoms with Gasteiger partial charge in [0.25, 0.3) is 5.91 Å². The van der Waals surface area contributed by atoms with Crippen LogP contribution in [0.2, 0.25) is 0 Å². The molecule has 0 radical (unpaired) electrons. The zero-order valence-corrected chi connectivity index (χ0v) is 14.5. The molecule has 0 fully saturated rings. The van der Waals surface area contributed by atoms with Crippen molar-refractivity contribution in [2.45, 2.75) is 6.42 Å². The van der Waals surface area contributed by atoms with Crippen LogP contribution in [0.15, 0.2) is 36.7 Å². The van der Waals surface area contributed by atoms with Crippen molar-refractivity contribution in [3.8, 4) is 0 Å². The number of carbonyl (C=O) groups is 1. The first-order valence-corrected chi connectivity index (χ1v) is 9.45. The van der Waals surface area contributed by atoms with E-state index in [1.807, 2.05) is 30.3 Å². The van der Waals surface area contributed by atoms with Crippen LogP contribution in [0.3, 0.4) is 0 Å². The number of benzene rings is 1. The molecule has 1 atom stereocenters. The highest BCUT2D eigenvalue weighted by Gasteiger charge is 2.22. The first kappa shape index (κ1) is 18.0. The molecule has 1 amide bonds. The number of aromatic amines is 1. The number of nitrogens with zero attached hydrogens (tertiary/aromatic N) is 3. The third kappa shape index (κ3) is 4.42. The topological polar surface area (TPSA) is 156 Å². The molecule has 5 N–H and O–H groups in total. The van der Waals surface area contributed by atoms with Crippen LogP contribution in [0.1, 0.15) is 16.2 Å². The van der Waals surface area contributed by atoms with Gasteiger partial charge in [-0.3, -0.25) is 9.36 Å². The second kappa shape index (κ2) is 7.61. The van der Waals surface area contributed by atoms with E-state index in [1.165, 1.54) is 6.33 Å². The van der Waals surface area contributed by atoms with E-state index in [-0.39, 0.29) is 23.9 Å². The molecule has 3 aromatic rings. The van der Waals surface area contributed by atoms with Crippen molar-refractivity contribution in [2.24, 2.45) is 0 Å². The van der Waals surface area contributed by atoms with Crippen LogP contribution in [0.4, 0.5) is 5.82 Å². The zero-order valence-electron chi connectivity index (χ0n) is 13.6. The molecule has 1 aromatic carbocycles. The number of anilines is 1. The fourth-order valence-electron chi connectivity index (χ4n) is 2.21. The van der Waals surface area contributed by atoms with E-state index in [4.69, 9.17) is 10.3 Å². The number of rotatable bonds is 7. The molecule has 1 unspecified atom stereocenters. The van der Waals surface area contributed by atoms with Crippen molar-refractivity contribution >= 4 is 30.5 Å². The Kier molecular flexibility index (Phi) is 5.27. The SMILES string of the molecule is Nc1ncnc2nc(C(=O)NCP(=O)(O)OCCc3ccccc3)[nH]c12. The summed E-state index contributed by atoms with van der Waals surface area (Å²) in [5, 5.41) is 2.31. The quantitative estimate of drug-likeness (QED) is 0.446. The zero-order chi connectivity index (χ0) is 18.6. The monoisotopic (exact) mass is 376 g/mol. The number of nitrogens with one attached hydrogen (secondary N) is 2. The Morgan fingerprint density at radius 1 is 1.31 bits per heavy atom. The van der Waals surface area contributed by atoms with Crippen LogP contribution in [0.25, 0.3) is 11.2 Å². The van der Waals surface area contributed by atoms with Gasteiger partial charge in [-0.1, -0.05) is 30.3 Å². The third-order valence-electron chi connectivity index (χ3n) is 3.50. The van der Waals surface area contributed by atoms with Crippen LogP contribution < -0.4 is 11.1 Å². The van der Waals surface area contributed by atoms with Crippen LogP contribution in [-0.2, 0) is 15.5 Å². The summed E-state index contributed by atoms with van der Waals surface area (Å²) in [7, 11) is -3.97. The van der Waals surface area contributed by atoms with Crippen molar-refractivity contribution in [3.63, 3.8) is 0 Å². The van der Waals surface area contributed by atoms with Gasteiger partial charge in [0.1, 0.15) is 18.1 Å². The lowest BCUT2D eigenvalue weighted by atomic mass is 10.2. The number of imidazole rings is 1. The maximum absolute atomic E-state index is 12.1. The van der Waals surface area contributed by atoms with Crippen molar-refractivity contribution < 1.29 is 18.8 Å². The Morgan fingerprint density at radius 2 is 2.08 bits per heavy atom. The van der Waals surface area contributed by atoms with Gasteiger partial charge in [-0.05, 0) is 12.0 Å². The number of amides is 1. The van der Waals surface area contributed by atoms with Crippen LogP contribution in [-0.4, -0.2) is 43.6 Å². The average Bonchev–Trinajstić information content (AvgIpc) is 3.06. The van der Waals surface area contributed by atoms with Crippen LogP contribution in [0.5, 0.6) is 0 Å². The minimum atomic E-state index is -3.97. The Balaban J connectivity index is 1.53. The van der Waals surface area contributed by atoms with E-state index >= 15 is 0 Å². The fourth-order valence-corrected chi connectivity index (χ4v) is 3.02. The van der Waals surface area contributed by atoms with Gasteiger partial charge in [0.05, 0.1) is 6.61 Å². The lowest BCUT2D eigenvalue weighted by Gasteiger charge is -2.12. The average molecular weight is 376 g/mol. The van der Waals surface area contributed by atoms with E-state index in [2.05, 4.69) is 25.3 Å². The summed E-state index contributed by atoms with van der Waals surface area (Å²) >= 11 is 0. The summed E-state index contributed by atoms with van der Waals surface area (Å²) in [6.45, 7) is 0.0599. The van der Waals surface area contributed by atoms with Crippen molar-refractivity contribution in [2.75, 3.05) is 18.6 Å². The van der Waals surface area contributed by atoms with E-state index in [1.54, 1.807) is 0 Å². The van der Waals surface area contributed by atoms with Gasteiger partial charge < -0.3 is 25.5 Å². The van der Waals surface area contributed by atoms with E-state index in [0.29, 0.717) is 11.9 Å². The van der Waals surface area contributed by atoms with Gasteiger partial charge in [0, 0.05) is 0 Å². The third-order valence-corrected chi connectivity index (χ3v) is 4.64. The summed E-state index contributed by atoms with van der Waals surface area (Å²) in [6, 6.07) is 9.42. The molecule has 136 valence electrons. The molecule has 0 saturated heterocycles. The van der Waals surface area contributed by atoms with Gasteiger partial charge in [0.2, 0.25) is 0 Å². The number of nitrogens with two attached hydrogens (primary N) is 1. The van der Waals surface area contributed by atoms with Crippen molar-refractivity contribution in [1.82, 2.24) is 25.3 Å².